The van der Waals surface area contributed by atoms with Crippen LogP contribution in [0.5, 0.6) is 0 Å². The molecule has 33 nitrogen and oxygen atoms in total. The highest BCUT2D eigenvalue weighted by Gasteiger charge is 2.45. The first-order valence-electron chi connectivity index (χ1n) is 33.1. The molecule has 558 valence electrons. The van der Waals surface area contributed by atoms with Crippen LogP contribution in [0.3, 0.4) is 0 Å². The van der Waals surface area contributed by atoms with E-state index < -0.39 is 129 Å². The minimum atomic E-state index is -1.21. The van der Waals surface area contributed by atoms with Crippen LogP contribution in [0.15, 0.2) is 0 Å². The molecule has 3 rings (SSSR count). The van der Waals surface area contributed by atoms with Gasteiger partial charge in [0.05, 0.1) is 163 Å². The van der Waals surface area contributed by atoms with Crippen LogP contribution in [0.25, 0.3) is 0 Å². The summed E-state index contributed by atoms with van der Waals surface area (Å²) in [5.41, 5.74) is 5.67. The number of carbonyl (C=O) groups is 5. The Morgan fingerprint density at radius 1 is 0.442 bits per heavy atom. The minimum absolute atomic E-state index is 0.0214. The highest BCUT2D eigenvalue weighted by molar-refractivity contribution is 5.92. The quantitative estimate of drug-likeness (QED) is 0.0258. The molecule has 0 spiro atoms. The smallest absolute Gasteiger partial charge is 0.246 e. The molecule has 14 N–H and O–H groups in total. The molecule has 33 heteroatoms. The van der Waals surface area contributed by atoms with Gasteiger partial charge in [-0.3, -0.25) is 24.0 Å². The first-order valence-corrected chi connectivity index (χ1v) is 33.1. The van der Waals surface area contributed by atoms with Gasteiger partial charge < -0.3 is 139 Å². The lowest BCUT2D eigenvalue weighted by Crippen LogP contribution is -2.55. The molecule has 0 bridgehead atoms. The van der Waals surface area contributed by atoms with Crippen molar-refractivity contribution in [3.63, 3.8) is 0 Å². The summed E-state index contributed by atoms with van der Waals surface area (Å²) in [6.45, 7) is 13.8. The Bertz CT molecular complexity index is 1990. The van der Waals surface area contributed by atoms with E-state index in [-0.39, 0.29) is 148 Å². The van der Waals surface area contributed by atoms with Crippen LogP contribution < -0.4 is 21.7 Å². The van der Waals surface area contributed by atoms with Gasteiger partial charge in [-0.15, -0.1) is 0 Å². The molecule has 3 heterocycles. The van der Waals surface area contributed by atoms with Crippen LogP contribution >= 0.6 is 0 Å². The molecular formula is C62H116N4O29. The summed E-state index contributed by atoms with van der Waals surface area (Å²) < 4.78 is 81.7. The number of rotatable bonds is 54. The van der Waals surface area contributed by atoms with Crippen molar-refractivity contribution in [3.05, 3.63) is 0 Å². The Kier molecular flexibility index (Phi) is 49.6. The number of nitrogens with one attached hydrogen (secondary N) is 3. The predicted octanol–water partition coefficient (Wildman–Crippen LogP) is -4.01. The van der Waals surface area contributed by atoms with E-state index in [0.29, 0.717) is 78.2 Å². The first-order chi connectivity index (χ1) is 45.6. The summed E-state index contributed by atoms with van der Waals surface area (Å²) in [4.78, 5) is 62.7. The third kappa shape index (κ3) is 37.7. The van der Waals surface area contributed by atoms with Gasteiger partial charge in [-0.05, 0) is 59.4 Å². The number of carbonyl (C=O) groups excluding carboxylic acids is 5. The molecule has 3 fully saturated rings. The van der Waals surface area contributed by atoms with Crippen LogP contribution in [0.1, 0.15) is 86.5 Å². The molecule has 0 aromatic rings. The molecule has 17 atom stereocenters. The standard InChI is InChI=1S/C46H86N4O20.C16H30O9/c1-30(2)49-44(60)33(9-5-7-11-47)25-35(53)34(50-39(55)29-66-20-18-62-14-16-64-22-24-68-46-32(4)41(57)43(59)37(27-52)70-46)10-6-8-12-48-38(54)28-65-19-17-61-13-15-63-21-23-67-45-31(3)40(56)42(58)36(26-51)69-45;1-11(18)10-23-6-5-21-3-4-22-7-8-24-16-12(2)14(19)15(20)13(9-17)25-16/h30-34,36-37,40-43,45-46,51-52,56-59H,5-29,47H2,1-4H3,(H,48,54)(H,49,60)(H,50,55);12-17,19-20H,3-10H2,1-2H3/t31-,32-,33?,34?,36?,37?,40?,41?,42-,43-,45+,46+;12-,13?,14?,15-,16+/m00/s1. The second-order valence-electron chi connectivity index (χ2n) is 23.6. The number of unbranched alkanes of at least 4 members (excludes halogenated alkanes) is 2. The summed E-state index contributed by atoms with van der Waals surface area (Å²) in [6, 6.07) is -1.00. The monoisotopic (exact) mass is 1380 g/mol. The van der Waals surface area contributed by atoms with E-state index in [1.807, 2.05) is 13.8 Å². The van der Waals surface area contributed by atoms with Gasteiger partial charge in [0, 0.05) is 42.7 Å². The Balaban J connectivity index is 0.00000102. The molecule has 3 aliphatic heterocycles. The lowest BCUT2D eigenvalue weighted by atomic mass is 9.91. The summed E-state index contributed by atoms with van der Waals surface area (Å²) >= 11 is 0. The number of Topliss-reactive ketones (excluding diaryl/α,β-unsaturated/α-hetero) is 2. The summed E-state index contributed by atoms with van der Waals surface area (Å²) in [7, 11) is 0. The number of aliphatic hydroxyl groups excluding tert-OH is 9. The van der Waals surface area contributed by atoms with E-state index in [4.69, 9.17) is 81.9 Å². The number of amides is 3. The summed E-state index contributed by atoms with van der Waals surface area (Å²) in [5.74, 6) is -3.39. The van der Waals surface area contributed by atoms with E-state index in [9.17, 15) is 64.8 Å². The molecule has 3 aliphatic rings. The number of ether oxygens (including phenoxy) is 15. The van der Waals surface area contributed by atoms with Crippen molar-refractivity contribution in [1.29, 1.82) is 0 Å². The van der Waals surface area contributed by atoms with Crippen LogP contribution in [-0.2, 0) is 95.0 Å². The van der Waals surface area contributed by atoms with Crippen LogP contribution in [0.2, 0.25) is 0 Å². The molecule has 3 saturated heterocycles. The van der Waals surface area contributed by atoms with Gasteiger partial charge in [-0.1, -0.05) is 27.2 Å². The van der Waals surface area contributed by atoms with E-state index in [2.05, 4.69) is 16.0 Å². The van der Waals surface area contributed by atoms with Crippen molar-refractivity contribution < 1.29 is 141 Å². The van der Waals surface area contributed by atoms with Crippen molar-refractivity contribution in [2.24, 2.45) is 29.4 Å². The number of ketones is 2. The SMILES string of the molecule is CC(=O)COCCOCCOCCO[C@@H]1OC(CO)[C@H](O)C(O)[C@@H]1C.CC(C)NC(=O)C(CCCCN)CC(=O)C(CCCCNC(=O)COCCOCCOCCO[C@@H]1OC(CO)[C@H](O)C(O)[C@@H]1C)NC(=O)COCCOCCOCCO[C@@H]1OC(CO)[C@H](O)C(O)[C@@H]1C. The number of aliphatic hydroxyl groups is 9. The average Bonchev–Trinajstić information content (AvgIpc) is 0.870. The third-order valence-electron chi connectivity index (χ3n) is 15.3. The third-order valence-corrected chi connectivity index (χ3v) is 15.3. The van der Waals surface area contributed by atoms with Crippen molar-refractivity contribution >= 4 is 29.3 Å². The first kappa shape index (κ1) is 87.8. The van der Waals surface area contributed by atoms with E-state index in [1.54, 1.807) is 20.8 Å². The van der Waals surface area contributed by atoms with Crippen LogP contribution in [0, 0.1) is 23.7 Å². The van der Waals surface area contributed by atoms with Crippen molar-refractivity contribution in [1.82, 2.24) is 16.0 Å². The number of hydrogen-bond donors (Lipinski definition) is 13. The van der Waals surface area contributed by atoms with Gasteiger partial charge in [-0.2, -0.15) is 0 Å². The zero-order chi connectivity index (χ0) is 70.3. The fraction of sp³-hybridized carbons (Fsp3) is 0.919. The Hall–Kier alpha value is -3.25. The van der Waals surface area contributed by atoms with Gasteiger partial charge in [0.15, 0.2) is 30.4 Å². The molecule has 8 unspecified atom stereocenters. The zero-order valence-electron chi connectivity index (χ0n) is 56.5. The molecule has 3 amide bonds. The molecule has 0 aromatic heterocycles. The van der Waals surface area contributed by atoms with Gasteiger partial charge in [0.1, 0.15) is 56.4 Å². The van der Waals surface area contributed by atoms with Gasteiger partial charge >= 0.3 is 0 Å². The Morgan fingerprint density at radius 2 is 0.789 bits per heavy atom. The van der Waals surface area contributed by atoms with Gasteiger partial charge in [-0.25, -0.2) is 0 Å². The largest absolute Gasteiger partial charge is 0.394 e. The number of nitrogens with two attached hydrogens (primary N) is 1. The van der Waals surface area contributed by atoms with E-state index in [1.165, 1.54) is 6.92 Å². The summed E-state index contributed by atoms with van der Waals surface area (Å²) in [6.07, 6.45) is -8.76. The average molecular weight is 1380 g/mol. The van der Waals surface area contributed by atoms with E-state index >= 15 is 0 Å². The van der Waals surface area contributed by atoms with Gasteiger partial charge in [0.2, 0.25) is 17.7 Å². The maximum Gasteiger partial charge on any atom is 0.246 e. The molecule has 0 aromatic carbocycles. The molecule has 0 saturated carbocycles. The second-order valence-corrected chi connectivity index (χ2v) is 23.6. The lowest BCUT2D eigenvalue weighted by Gasteiger charge is -2.40. The van der Waals surface area contributed by atoms with Gasteiger partial charge in [0.25, 0.3) is 0 Å². The highest BCUT2D eigenvalue weighted by atomic mass is 16.7. The molecule has 0 aliphatic carbocycles. The fourth-order valence-corrected chi connectivity index (χ4v) is 9.72. The topological polar surface area (TPSA) is 468 Å². The Morgan fingerprint density at radius 3 is 1.15 bits per heavy atom. The normalized spacial score (nSPS) is 26.7. The van der Waals surface area contributed by atoms with Crippen LogP contribution in [-0.4, -0.2) is 333 Å². The molecule has 0 radical (unpaired) electrons. The van der Waals surface area contributed by atoms with E-state index in [0.717, 1.165) is 0 Å². The zero-order valence-corrected chi connectivity index (χ0v) is 56.5. The van der Waals surface area contributed by atoms with Crippen LogP contribution in [0.4, 0.5) is 0 Å². The minimum Gasteiger partial charge on any atom is -0.394 e. The maximum absolute atomic E-state index is 13.7. The van der Waals surface area contributed by atoms with Crippen molar-refractivity contribution in [3.8, 4) is 0 Å². The van der Waals surface area contributed by atoms with Crippen molar-refractivity contribution in [2.75, 3.05) is 172 Å². The van der Waals surface area contributed by atoms with Crippen molar-refractivity contribution in [2.45, 2.75) is 172 Å². The fourth-order valence-electron chi connectivity index (χ4n) is 9.72. The number of hydrogen-bond acceptors (Lipinski definition) is 30. The predicted molar refractivity (Wildman–Crippen MR) is 335 cm³/mol. The molecule has 95 heavy (non-hydrogen) atoms. The Labute approximate surface area is 558 Å². The summed E-state index contributed by atoms with van der Waals surface area (Å²) in [5, 5.41) is 96.1. The second kappa shape index (κ2) is 53.6. The molecular weight excluding hydrogens is 1260 g/mol. The highest BCUT2D eigenvalue weighted by Crippen LogP contribution is 2.29. The lowest BCUT2D eigenvalue weighted by molar-refractivity contribution is -0.284. The maximum atomic E-state index is 13.7.